The molecule has 0 bridgehead atoms. The van der Waals surface area contributed by atoms with E-state index < -0.39 is 104 Å². The van der Waals surface area contributed by atoms with Gasteiger partial charge in [-0.1, -0.05) is 48.1 Å². The number of oxazole rings is 1. The topological polar surface area (TPSA) is 121 Å². The average Bonchev–Trinajstić information content (AvgIpc) is 3.81. The Morgan fingerprint density at radius 3 is 2.17 bits per heavy atom. The third-order valence-corrected chi connectivity index (χ3v) is 13.1. The highest BCUT2D eigenvalue weighted by molar-refractivity contribution is 6.58. The number of aromatic hydroxyl groups is 1. The number of allylic oxidation sites excluding steroid dienone is 3. The molecule has 1 aromatic heterocycles. The van der Waals surface area contributed by atoms with Crippen LogP contribution in [0.5, 0.6) is 5.75 Å². The van der Waals surface area contributed by atoms with E-state index in [1.165, 1.54) is 36.4 Å². The molecule has 4 aliphatic rings. The molecule has 2 aliphatic carbocycles. The molecule has 0 spiro atoms. The maximum absolute atomic E-state index is 15.4. The molecule has 3 fully saturated rings. The fraction of sp³-hybridized carbons (Fsp3) is 0.214. The molecule has 1 saturated carbocycles. The van der Waals surface area contributed by atoms with Gasteiger partial charge in [0.05, 0.1) is 17.5 Å². The number of hydrogen-bond donors (Lipinski definition) is 1. The van der Waals surface area contributed by atoms with Crippen molar-refractivity contribution in [3.05, 3.63) is 131 Å². The summed E-state index contributed by atoms with van der Waals surface area (Å²) in [5, 5.41) is 11.6. The van der Waals surface area contributed by atoms with E-state index in [1.807, 2.05) is 6.07 Å². The summed E-state index contributed by atoms with van der Waals surface area (Å²) in [4.78, 5) is 57.4. The standard InChI is InChI=1S/C42H26Cl2F5N3O6/c1-2-6-18-7-5-8-23(35(18)53)28-21-15-16-22-27(38(55)51(37(22)54)20-13-11-19(12-14-20)36-50-25-9-3-4-10-26(25)58-36)24(21)17-41(43)39(56)52(40(57)42(28,41)44)34-32(48)30(46)29(45)31(47)33(34)49/h2-5,7-15,22,24,27-28,53H,1,6,16-17H2. The summed E-state index contributed by atoms with van der Waals surface area (Å²) in [5.41, 5.74) is 0.452. The lowest BCUT2D eigenvalue weighted by molar-refractivity contribution is -0.125. The summed E-state index contributed by atoms with van der Waals surface area (Å²) in [7, 11) is 0. The molecule has 6 unspecified atom stereocenters. The van der Waals surface area contributed by atoms with Crippen LogP contribution in [0.3, 0.4) is 0 Å². The van der Waals surface area contributed by atoms with Gasteiger partial charge in [0.1, 0.15) is 17.0 Å². The van der Waals surface area contributed by atoms with E-state index in [4.69, 9.17) is 27.6 Å². The van der Waals surface area contributed by atoms with Gasteiger partial charge in [0, 0.05) is 17.0 Å². The molecular weight excluding hydrogens is 808 g/mol. The molecule has 4 amide bonds. The van der Waals surface area contributed by atoms with Gasteiger partial charge in [0.15, 0.2) is 38.6 Å². The fourth-order valence-corrected chi connectivity index (χ4v) is 10.0. The number of imide groups is 2. The van der Waals surface area contributed by atoms with Crippen LogP contribution >= 0.6 is 23.2 Å². The fourth-order valence-electron chi connectivity index (χ4n) is 9.08. The summed E-state index contributed by atoms with van der Waals surface area (Å²) < 4.78 is 79.9. The third kappa shape index (κ3) is 4.90. The molecule has 1 N–H and O–H groups in total. The van der Waals surface area contributed by atoms with E-state index in [0.29, 0.717) is 22.6 Å². The van der Waals surface area contributed by atoms with Crippen molar-refractivity contribution in [3.63, 3.8) is 0 Å². The van der Waals surface area contributed by atoms with Gasteiger partial charge in [-0.05, 0) is 67.1 Å². The van der Waals surface area contributed by atoms with Crippen LogP contribution < -0.4 is 9.80 Å². The largest absolute Gasteiger partial charge is 0.507 e. The zero-order valence-corrected chi connectivity index (χ0v) is 31.1. The van der Waals surface area contributed by atoms with Gasteiger partial charge >= 0.3 is 0 Å². The highest BCUT2D eigenvalue weighted by atomic mass is 35.5. The molecule has 2 saturated heterocycles. The van der Waals surface area contributed by atoms with Crippen molar-refractivity contribution in [1.82, 2.24) is 4.98 Å². The Kier molecular flexibility index (Phi) is 8.50. The molecule has 5 aromatic rings. The van der Waals surface area contributed by atoms with Gasteiger partial charge < -0.3 is 9.52 Å². The number of fused-ring (bicyclic) bond motifs is 5. The second-order valence-electron chi connectivity index (χ2n) is 14.6. The number of alkyl halides is 2. The van der Waals surface area contributed by atoms with Crippen LogP contribution in [-0.2, 0) is 25.6 Å². The number of carbonyl (C=O) groups excluding carboxylic acids is 4. The molecule has 16 heteroatoms. The first-order chi connectivity index (χ1) is 27.6. The van der Waals surface area contributed by atoms with Crippen LogP contribution in [0, 0.1) is 46.8 Å². The highest BCUT2D eigenvalue weighted by Gasteiger charge is 2.77. The minimum Gasteiger partial charge on any atom is -0.507 e. The van der Waals surface area contributed by atoms with Crippen molar-refractivity contribution in [2.24, 2.45) is 17.8 Å². The quantitative estimate of drug-likeness (QED) is 0.0456. The number of carbonyl (C=O) groups is 4. The monoisotopic (exact) mass is 833 g/mol. The number of phenolic OH excluding ortho intramolecular Hbond substituents is 1. The van der Waals surface area contributed by atoms with Gasteiger partial charge in [0.25, 0.3) is 11.8 Å². The average molecular weight is 835 g/mol. The third-order valence-electron chi connectivity index (χ3n) is 11.7. The number of rotatable bonds is 6. The first kappa shape index (κ1) is 37.7. The number of para-hydroxylation sites is 3. The summed E-state index contributed by atoms with van der Waals surface area (Å²) in [5.74, 6) is -22.1. The highest BCUT2D eigenvalue weighted by Crippen LogP contribution is 2.67. The Labute approximate surface area is 334 Å². The number of aromatic nitrogens is 1. The minimum atomic E-state index is -2.78. The molecule has 9 rings (SSSR count). The zero-order chi connectivity index (χ0) is 41.2. The number of benzene rings is 4. The van der Waals surface area contributed by atoms with Crippen molar-refractivity contribution >= 4 is 69.3 Å². The smallest absolute Gasteiger partial charge is 0.258 e. The number of amides is 4. The Morgan fingerprint density at radius 2 is 1.50 bits per heavy atom. The molecule has 2 aliphatic heterocycles. The number of halogens is 7. The zero-order valence-electron chi connectivity index (χ0n) is 29.6. The second-order valence-corrected chi connectivity index (χ2v) is 15.8. The van der Waals surface area contributed by atoms with E-state index in [2.05, 4.69) is 11.6 Å². The van der Waals surface area contributed by atoms with Gasteiger partial charge in [0.2, 0.25) is 23.5 Å². The molecule has 6 atom stereocenters. The maximum Gasteiger partial charge on any atom is 0.258 e. The van der Waals surface area contributed by atoms with Crippen molar-refractivity contribution in [2.45, 2.75) is 34.9 Å². The predicted molar refractivity (Wildman–Crippen MR) is 200 cm³/mol. The molecular formula is C42H26Cl2F5N3O6. The van der Waals surface area contributed by atoms with E-state index >= 15 is 8.78 Å². The Hall–Kier alpha value is -5.86. The normalized spacial score (nSPS) is 26.6. The lowest BCUT2D eigenvalue weighted by Crippen LogP contribution is -2.60. The predicted octanol–water partition coefficient (Wildman–Crippen LogP) is 8.39. The van der Waals surface area contributed by atoms with Crippen molar-refractivity contribution in [3.8, 4) is 17.2 Å². The molecule has 9 nitrogen and oxygen atoms in total. The lowest BCUT2D eigenvalue weighted by atomic mass is 9.56. The van der Waals surface area contributed by atoms with E-state index in [-0.39, 0.29) is 40.1 Å². The van der Waals surface area contributed by atoms with Gasteiger partial charge in [-0.3, -0.25) is 24.1 Å². The lowest BCUT2D eigenvalue weighted by Gasteiger charge is -2.50. The van der Waals surface area contributed by atoms with E-state index in [0.717, 1.165) is 4.90 Å². The van der Waals surface area contributed by atoms with Crippen LogP contribution in [0.25, 0.3) is 22.6 Å². The number of phenols is 1. The van der Waals surface area contributed by atoms with Gasteiger partial charge in [-0.2, -0.15) is 0 Å². The SMILES string of the molecule is C=CCc1cccc(C2C3=CCC4C(=O)N(c5ccc(-c6nc7ccccc7o6)cc5)C(=O)C4C3CC3(Cl)C(=O)N(c4c(F)c(F)c(F)c(F)c4F)C(=O)C23Cl)c1O. The minimum absolute atomic E-state index is 0.0755. The van der Waals surface area contributed by atoms with E-state index in [1.54, 1.807) is 36.4 Å². The first-order valence-electron chi connectivity index (χ1n) is 17.9. The van der Waals surface area contributed by atoms with Gasteiger partial charge in [-0.25, -0.2) is 31.8 Å². The Morgan fingerprint density at radius 1 is 0.828 bits per heavy atom. The second kappa shape index (κ2) is 13.1. The van der Waals surface area contributed by atoms with Crippen LogP contribution in [0.1, 0.15) is 29.9 Å². The summed E-state index contributed by atoms with van der Waals surface area (Å²) in [6.07, 6.45) is 2.38. The molecule has 58 heavy (non-hydrogen) atoms. The molecule has 3 heterocycles. The number of anilines is 2. The van der Waals surface area contributed by atoms with Crippen molar-refractivity contribution < 1.29 is 50.7 Å². The maximum atomic E-state index is 15.4. The Balaban J connectivity index is 1.16. The van der Waals surface area contributed by atoms with Crippen molar-refractivity contribution in [2.75, 3.05) is 9.80 Å². The number of nitrogens with zero attached hydrogens (tertiary/aromatic N) is 3. The van der Waals surface area contributed by atoms with Crippen LogP contribution in [-0.4, -0.2) is 43.5 Å². The van der Waals surface area contributed by atoms with Crippen molar-refractivity contribution in [1.29, 1.82) is 0 Å². The molecule has 4 aromatic carbocycles. The van der Waals surface area contributed by atoms with Crippen LogP contribution in [0.2, 0.25) is 0 Å². The number of hydrogen-bond acceptors (Lipinski definition) is 7. The van der Waals surface area contributed by atoms with Gasteiger partial charge in [-0.15, -0.1) is 29.8 Å². The first-order valence-corrected chi connectivity index (χ1v) is 18.6. The molecule has 294 valence electrons. The van der Waals surface area contributed by atoms with Crippen LogP contribution in [0.15, 0.2) is 95.5 Å². The Bertz CT molecular complexity index is 2660. The van der Waals surface area contributed by atoms with E-state index in [9.17, 15) is 37.5 Å². The molecule has 0 radical (unpaired) electrons. The summed E-state index contributed by atoms with van der Waals surface area (Å²) in [6, 6.07) is 17.9. The summed E-state index contributed by atoms with van der Waals surface area (Å²) >= 11 is 14.4. The summed E-state index contributed by atoms with van der Waals surface area (Å²) in [6.45, 7) is 3.68. The van der Waals surface area contributed by atoms with Crippen LogP contribution in [0.4, 0.5) is 33.3 Å².